The molecule has 0 bridgehead atoms. The van der Waals surface area contributed by atoms with Gasteiger partial charge < -0.3 is 10.4 Å². The monoisotopic (exact) mass is 340 g/mol. The Kier molecular flexibility index (Phi) is 3.58. The summed E-state index contributed by atoms with van der Waals surface area (Å²) in [6.45, 7) is 0. The molecule has 1 aromatic heterocycles. The van der Waals surface area contributed by atoms with Gasteiger partial charge in [0.05, 0.1) is 3.57 Å². The molecule has 1 heterocycles. The van der Waals surface area contributed by atoms with E-state index in [1.54, 1.807) is 36.7 Å². The van der Waals surface area contributed by atoms with Gasteiger partial charge in [0.25, 0.3) is 5.91 Å². The summed E-state index contributed by atoms with van der Waals surface area (Å²) in [4.78, 5) is 15.7. The van der Waals surface area contributed by atoms with Gasteiger partial charge in [0.15, 0.2) is 0 Å². The highest BCUT2D eigenvalue weighted by atomic mass is 127. The van der Waals surface area contributed by atoms with Crippen molar-refractivity contribution in [3.05, 3.63) is 51.9 Å². The first-order valence-electron chi connectivity index (χ1n) is 4.87. The molecule has 0 unspecified atom stereocenters. The number of carbonyl (C=O) groups is 1. The summed E-state index contributed by atoms with van der Waals surface area (Å²) < 4.78 is 0.711. The van der Waals surface area contributed by atoms with E-state index in [-0.39, 0.29) is 11.7 Å². The maximum Gasteiger partial charge on any atom is 0.255 e. The van der Waals surface area contributed by atoms with Crippen LogP contribution in [-0.2, 0) is 0 Å². The molecule has 2 N–H and O–H groups in total. The van der Waals surface area contributed by atoms with Gasteiger partial charge in [-0.25, -0.2) is 0 Å². The highest BCUT2D eigenvalue weighted by Crippen LogP contribution is 2.21. The topological polar surface area (TPSA) is 62.2 Å². The molecule has 0 radical (unpaired) electrons. The molecule has 0 atom stereocenters. The summed E-state index contributed by atoms with van der Waals surface area (Å²) in [5.41, 5.74) is 1.09. The number of halogens is 1. The average molecular weight is 340 g/mol. The Morgan fingerprint density at radius 1 is 1.24 bits per heavy atom. The van der Waals surface area contributed by atoms with E-state index in [2.05, 4.69) is 10.3 Å². The maximum absolute atomic E-state index is 11.8. The van der Waals surface area contributed by atoms with Gasteiger partial charge in [0.2, 0.25) is 0 Å². The molecule has 2 rings (SSSR count). The molecular weight excluding hydrogens is 331 g/mol. The lowest BCUT2D eigenvalue weighted by Gasteiger charge is -2.05. The van der Waals surface area contributed by atoms with Crippen LogP contribution in [-0.4, -0.2) is 16.0 Å². The van der Waals surface area contributed by atoms with Crippen LogP contribution in [0.4, 0.5) is 5.69 Å². The predicted molar refractivity (Wildman–Crippen MR) is 73.0 cm³/mol. The van der Waals surface area contributed by atoms with Gasteiger partial charge in [-0.2, -0.15) is 0 Å². The van der Waals surface area contributed by atoms with Crippen molar-refractivity contribution >= 4 is 34.2 Å². The van der Waals surface area contributed by atoms with Crippen molar-refractivity contribution in [3.8, 4) is 5.75 Å². The Morgan fingerprint density at radius 2 is 1.94 bits per heavy atom. The van der Waals surface area contributed by atoms with Crippen LogP contribution < -0.4 is 5.32 Å². The fourth-order valence-corrected chi connectivity index (χ4v) is 1.63. The zero-order chi connectivity index (χ0) is 12.3. The van der Waals surface area contributed by atoms with Crippen molar-refractivity contribution < 1.29 is 9.90 Å². The average Bonchev–Trinajstić information content (AvgIpc) is 2.34. The minimum atomic E-state index is -0.261. The van der Waals surface area contributed by atoms with E-state index in [1.165, 1.54) is 6.07 Å². The maximum atomic E-state index is 11.8. The number of pyridine rings is 1. The number of amides is 1. The second-order valence-electron chi connectivity index (χ2n) is 3.36. The van der Waals surface area contributed by atoms with Crippen molar-refractivity contribution in [2.75, 3.05) is 5.32 Å². The third kappa shape index (κ3) is 2.94. The zero-order valence-electron chi connectivity index (χ0n) is 8.72. The SMILES string of the molecule is O=C(Nc1ccncc1)c1ccc(I)c(O)c1. The smallest absolute Gasteiger partial charge is 0.255 e. The lowest BCUT2D eigenvalue weighted by molar-refractivity contribution is 0.102. The molecule has 0 aliphatic carbocycles. The Labute approximate surface area is 112 Å². The number of hydrogen-bond acceptors (Lipinski definition) is 3. The van der Waals surface area contributed by atoms with Crippen molar-refractivity contribution in [2.45, 2.75) is 0 Å². The van der Waals surface area contributed by atoms with Gasteiger partial charge in [0.1, 0.15) is 5.75 Å². The fourth-order valence-electron chi connectivity index (χ4n) is 1.29. The van der Waals surface area contributed by atoms with Gasteiger partial charge in [0, 0.05) is 23.6 Å². The Morgan fingerprint density at radius 3 is 2.59 bits per heavy atom. The number of aromatic hydroxyl groups is 1. The second-order valence-corrected chi connectivity index (χ2v) is 4.52. The van der Waals surface area contributed by atoms with E-state index in [9.17, 15) is 9.90 Å². The number of rotatable bonds is 2. The first kappa shape index (κ1) is 11.8. The van der Waals surface area contributed by atoms with Gasteiger partial charge in [-0.1, -0.05) is 0 Å². The highest BCUT2D eigenvalue weighted by molar-refractivity contribution is 14.1. The lowest BCUT2D eigenvalue weighted by atomic mass is 10.2. The number of benzene rings is 1. The number of nitrogens with one attached hydrogen (secondary N) is 1. The van der Waals surface area contributed by atoms with Crippen molar-refractivity contribution in [3.63, 3.8) is 0 Å². The molecule has 0 spiro atoms. The minimum absolute atomic E-state index is 0.105. The predicted octanol–water partition coefficient (Wildman–Crippen LogP) is 2.64. The van der Waals surface area contributed by atoms with Gasteiger partial charge in [-0.3, -0.25) is 9.78 Å². The number of aromatic nitrogens is 1. The molecule has 0 aliphatic heterocycles. The number of anilines is 1. The largest absolute Gasteiger partial charge is 0.507 e. The third-order valence-electron chi connectivity index (χ3n) is 2.15. The summed E-state index contributed by atoms with van der Waals surface area (Å²) in [5, 5.41) is 12.2. The van der Waals surface area contributed by atoms with E-state index >= 15 is 0 Å². The van der Waals surface area contributed by atoms with Crippen LogP contribution in [0.2, 0.25) is 0 Å². The van der Waals surface area contributed by atoms with Crippen molar-refractivity contribution in [1.29, 1.82) is 0 Å². The quantitative estimate of drug-likeness (QED) is 0.827. The number of phenolic OH excluding ortho intramolecular Hbond substituents is 1. The van der Waals surface area contributed by atoms with Crippen LogP contribution in [0.3, 0.4) is 0 Å². The Balaban J connectivity index is 2.18. The number of nitrogens with zero attached hydrogens (tertiary/aromatic N) is 1. The molecular formula is C12H9IN2O2. The number of carbonyl (C=O) groups excluding carboxylic acids is 1. The fraction of sp³-hybridized carbons (Fsp3) is 0. The minimum Gasteiger partial charge on any atom is -0.507 e. The van der Waals surface area contributed by atoms with Crippen LogP contribution in [0, 0.1) is 3.57 Å². The molecule has 4 nitrogen and oxygen atoms in total. The van der Waals surface area contributed by atoms with E-state index in [0.717, 1.165) is 0 Å². The van der Waals surface area contributed by atoms with E-state index < -0.39 is 0 Å². The third-order valence-corrected chi connectivity index (χ3v) is 3.06. The van der Waals surface area contributed by atoms with Crippen LogP contribution in [0.5, 0.6) is 5.75 Å². The van der Waals surface area contributed by atoms with Crippen LogP contribution in [0.1, 0.15) is 10.4 Å². The molecule has 2 aromatic rings. The van der Waals surface area contributed by atoms with Gasteiger partial charge >= 0.3 is 0 Å². The summed E-state index contributed by atoms with van der Waals surface area (Å²) in [5.74, 6) is -0.157. The molecule has 1 amide bonds. The summed E-state index contributed by atoms with van der Waals surface area (Å²) in [6.07, 6.45) is 3.20. The lowest BCUT2D eigenvalue weighted by Crippen LogP contribution is -2.11. The first-order valence-corrected chi connectivity index (χ1v) is 5.94. The molecule has 0 saturated heterocycles. The summed E-state index contributed by atoms with van der Waals surface area (Å²) in [7, 11) is 0. The zero-order valence-corrected chi connectivity index (χ0v) is 10.9. The van der Waals surface area contributed by atoms with Crippen LogP contribution in [0.15, 0.2) is 42.7 Å². The Hall–Kier alpha value is -1.63. The standard InChI is InChI=1S/C12H9IN2O2/c13-10-2-1-8(7-11(10)16)12(17)15-9-3-5-14-6-4-9/h1-7,16H,(H,14,15,17). The molecule has 0 saturated carbocycles. The van der Waals surface area contributed by atoms with Crippen molar-refractivity contribution in [2.24, 2.45) is 0 Å². The van der Waals surface area contributed by atoms with E-state index in [4.69, 9.17) is 0 Å². The first-order chi connectivity index (χ1) is 8.16. The molecule has 17 heavy (non-hydrogen) atoms. The highest BCUT2D eigenvalue weighted by Gasteiger charge is 2.08. The molecule has 86 valence electrons. The summed E-state index contributed by atoms with van der Waals surface area (Å²) in [6, 6.07) is 8.20. The number of phenols is 1. The van der Waals surface area contributed by atoms with Crippen molar-refractivity contribution in [1.82, 2.24) is 4.98 Å². The summed E-state index contributed by atoms with van der Waals surface area (Å²) >= 11 is 2.00. The molecule has 0 fully saturated rings. The van der Waals surface area contributed by atoms with Gasteiger partial charge in [-0.05, 0) is 52.9 Å². The van der Waals surface area contributed by atoms with E-state index in [1.807, 2.05) is 22.6 Å². The van der Waals surface area contributed by atoms with Gasteiger partial charge in [-0.15, -0.1) is 0 Å². The molecule has 1 aromatic carbocycles. The molecule has 0 aliphatic rings. The molecule has 5 heteroatoms. The number of hydrogen-bond donors (Lipinski definition) is 2. The van der Waals surface area contributed by atoms with Crippen LogP contribution >= 0.6 is 22.6 Å². The normalized spacial score (nSPS) is 9.94. The van der Waals surface area contributed by atoms with E-state index in [0.29, 0.717) is 14.8 Å². The second kappa shape index (κ2) is 5.13. The van der Waals surface area contributed by atoms with Crippen LogP contribution in [0.25, 0.3) is 0 Å². The Bertz CT molecular complexity index is 543.